The molecule has 1 amide bonds. The fraction of sp³-hybridized carbons (Fsp3) is 0.381. The molecule has 0 aliphatic carbocycles. The van der Waals surface area contributed by atoms with Crippen molar-refractivity contribution in [1.29, 1.82) is 0 Å². The lowest BCUT2D eigenvalue weighted by Gasteiger charge is -2.31. The van der Waals surface area contributed by atoms with Crippen LogP contribution in [0.2, 0.25) is 0 Å². The molecular weight excluding hydrogens is 312 g/mol. The summed E-state index contributed by atoms with van der Waals surface area (Å²) in [6, 6.07) is 18.1. The van der Waals surface area contributed by atoms with Crippen molar-refractivity contribution in [3.63, 3.8) is 0 Å². The molecule has 1 aliphatic heterocycles. The second-order valence-corrected chi connectivity index (χ2v) is 6.45. The van der Waals surface area contributed by atoms with Crippen LogP contribution in [0.25, 0.3) is 0 Å². The summed E-state index contributed by atoms with van der Waals surface area (Å²) in [5.41, 5.74) is 2.09. The molecule has 3 rings (SSSR count). The molecule has 25 heavy (non-hydrogen) atoms. The molecule has 1 N–H and O–H groups in total. The van der Waals surface area contributed by atoms with E-state index in [9.17, 15) is 4.79 Å². The number of ether oxygens (including phenoxy) is 1. The zero-order valence-corrected chi connectivity index (χ0v) is 14.8. The van der Waals surface area contributed by atoms with Crippen molar-refractivity contribution < 1.29 is 9.53 Å². The summed E-state index contributed by atoms with van der Waals surface area (Å²) in [6.07, 6.45) is 1.80. The molecule has 132 valence electrons. The van der Waals surface area contributed by atoms with Crippen LogP contribution in [0.4, 0.5) is 5.69 Å². The molecule has 1 fully saturated rings. The van der Waals surface area contributed by atoms with Crippen LogP contribution >= 0.6 is 0 Å². The van der Waals surface area contributed by atoms with Crippen LogP contribution < -0.4 is 10.1 Å². The highest BCUT2D eigenvalue weighted by Crippen LogP contribution is 2.26. The second-order valence-electron chi connectivity index (χ2n) is 6.45. The number of piperidine rings is 1. The van der Waals surface area contributed by atoms with Gasteiger partial charge >= 0.3 is 0 Å². The number of nitrogens with one attached hydrogen (secondary N) is 1. The zero-order chi connectivity index (χ0) is 17.5. The number of rotatable bonds is 6. The topological polar surface area (TPSA) is 41.6 Å². The quantitative estimate of drug-likeness (QED) is 0.867. The maximum absolute atomic E-state index is 12.6. The van der Waals surface area contributed by atoms with Crippen LogP contribution in [0, 0.1) is 5.92 Å². The van der Waals surface area contributed by atoms with E-state index in [0.717, 1.165) is 43.9 Å². The van der Waals surface area contributed by atoms with Gasteiger partial charge in [-0.1, -0.05) is 42.5 Å². The maximum Gasteiger partial charge on any atom is 0.227 e. The summed E-state index contributed by atoms with van der Waals surface area (Å²) < 4.78 is 5.59. The van der Waals surface area contributed by atoms with Gasteiger partial charge in [0.25, 0.3) is 0 Å². The van der Waals surface area contributed by atoms with Crippen LogP contribution in [-0.2, 0) is 11.3 Å². The SMILES string of the molecule is CCOc1ccccc1NC(=O)C1CCN(Cc2ccccc2)CC1. The number of carbonyl (C=O) groups is 1. The first-order valence-electron chi connectivity index (χ1n) is 9.05. The Morgan fingerprint density at radius 3 is 2.48 bits per heavy atom. The van der Waals surface area contributed by atoms with Gasteiger partial charge in [-0.3, -0.25) is 9.69 Å². The van der Waals surface area contributed by atoms with Gasteiger partial charge in [-0.2, -0.15) is 0 Å². The van der Waals surface area contributed by atoms with Crippen LogP contribution in [0.5, 0.6) is 5.75 Å². The number of amides is 1. The standard InChI is InChI=1S/C21H26N2O2/c1-2-25-20-11-7-6-10-19(20)22-21(24)18-12-14-23(15-13-18)16-17-8-4-3-5-9-17/h3-11,18H,2,12-16H2,1H3,(H,22,24). The van der Waals surface area contributed by atoms with Crippen molar-refractivity contribution in [3.8, 4) is 5.75 Å². The van der Waals surface area contributed by atoms with Crippen molar-refractivity contribution in [3.05, 3.63) is 60.2 Å². The van der Waals surface area contributed by atoms with E-state index in [-0.39, 0.29) is 11.8 Å². The first-order valence-corrected chi connectivity index (χ1v) is 9.05. The fourth-order valence-corrected chi connectivity index (χ4v) is 3.28. The predicted molar refractivity (Wildman–Crippen MR) is 101 cm³/mol. The minimum Gasteiger partial charge on any atom is -0.492 e. The third-order valence-corrected chi connectivity index (χ3v) is 4.65. The number of nitrogens with zero attached hydrogens (tertiary/aromatic N) is 1. The van der Waals surface area contributed by atoms with Gasteiger partial charge in [0.15, 0.2) is 0 Å². The third kappa shape index (κ3) is 4.83. The Balaban J connectivity index is 1.52. The lowest BCUT2D eigenvalue weighted by molar-refractivity contribution is -0.121. The van der Waals surface area contributed by atoms with Crippen molar-refractivity contribution in [1.82, 2.24) is 4.90 Å². The van der Waals surface area contributed by atoms with E-state index in [1.165, 1.54) is 5.56 Å². The minimum absolute atomic E-state index is 0.0710. The van der Waals surface area contributed by atoms with E-state index in [1.54, 1.807) is 0 Å². The highest BCUT2D eigenvalue weighted by molar-refractivity contribution is 5.94. The molecule has 1 aliphatic rings. The molecule has 2 aromatic rings. The highest BCUT2D eigenvalue weighted by atomic mass is 16.5. The summed E-state index contributed by atoms with van der Waals surface area (Å²) in [5.74, 6) is 0.910. The lowest BCUT2D eigenvalue weighted by Crippen LogP contribution is -2.37. The van der Waals surface area contributed by atoms with Crippen molar-refractivity contribution in [2.24, 2.45) is 5.92 Å². The van der Waals surface area contributed by atoms with Crippen LogP contribution in [0.3, 0.4) is 0 Å². The predicted octanol–water partition coefficient (Wildman–Crippen LogP) is 3.94. The third-order valence-electron chi connectivity index (χ3n) is 4.65. The summed E-state index contributed by atoms with van der Waals surface area (Å²) >= 11 is 0. The normalized spacial score (nSPS) is 15.7. The van der Waals surface area contributed by atoms with Crippen LogP contribution in [-0.4, -0.2) is 30.5 Å². The van der Waals surface area contributed by atoms with Gasteiger partial charge in [0.1, 0.15) is 5.75 Å². The number of hydrogen-bond acceptors (Lipinski definition) is 3. The van der Waals surface area contributed by atoms with Gasteiger partial charge in [-0.05, 0) is 50.6 Å². The first-order chi connectivity index (χ1) is 12.3. The average molecular weight is 338 g/mol. The van der Waals surface area contributed by atoms with Crippen LogP contribution in [0.1, 0.15) is 25.3 Å². The molecule has 4 nitrogen and oxygen atoms in total. The second kappa shape index (κ2) is 8.67. The van der Waals surface area contributed by atoms with E-state index in [2.05, 4.69) is 34.5 Å². The van der Waals surface area contributed by atoms with E-state index in [1.807, 2.05) is 37.3 Å². The number of hydrogen-bond donors (Lipinski definition) is 1. The molecule has 0 aromatic heterocycles. The molecule has 1 heterocycles. The number of carbonyl (C=O) groups excluding carboxylic acids is 1. The number of benzene rings is 2. The molecule has 0 atom stereocenters. The Morgan fingerprint density at radius 1 is 1.08 bits per heavy atom. The molecule has 0 saturated carbocycles. The summed E-state index contributed by atoms with van der Waals surface area (Å²) in [6.45, 7) is 5.41. The van der Waals surface area contributed by atoms with Gasteiger partial charge in [-0.25, -0.2) is 0 Å². The molecule has 1 saturated heterocycles. The van der Waals surface area contributed by atoms with E-state index < -0.39 is 0 Å². The maximum atomic E-state index is 12.6. The van der Waals surface area contributed by atoms with Gasteiger partial charge in [-0.15, -0.1) is 0 Å². The minimum atomic E-state index is 0.0710. The van der Waals surface area contributed by atoms with Crippen LogP contribution in [0.15, 0.2) is 54.6 Å². The highest BCUT2D eigenvalue weighted by Gasteiger charge is 2.25. The Morgan fingerprint density at radius 2 is 1.76 bits per heavy atom. The Bertz CT molecular complexity index is 679. The number of para-hydroxylation sites is 2. The van der Waals surface area contributed by atoms with Crippen molar-refractivity contribution in [2.75, 3.05) is 25.0 Å². The molecule has 0 spiro atoms. The fourth-order valence-electron chi connectivity index (χ4n) is 3.28. The molecular formula is C21H26N2O2. The average Bonchev–Trinajstić information content (AvgIpc) is 2.65. The van der Waals surface area contributed by atoms with E-state index in [0.29, 0.717) is 6.61 Å². The Kier molecular flexibility index (Phi) is 6.07. The number of likely N-dealkylation sites (tertiary alicyclic amines) is 1. The van der Waals surface area contributed by atoms with E-state index >= 15 is 0 Å². The molecule has 2 aromatic carbocycles. The largest absolute Gasteiger partial charge is 0.492 e. The lowest BCUT2D eigenvalue weighted by atomic mass is 9.95. The molecule has 4 heteroatoms. The Hall–Kier alpha value is -2.33. The first kappa shape index (κ1) is 17.5. The zero-order valence-electron chi connectivity index (χ0n) is 14.8. The van der Waals surface area contributed by atoms with Gasteiger partial charge < -0.3 is 10.1 Å². The molecule has 0 bridgehead atoms. The smallest absolute Gasteiger partial charge is 0.227 e. The van der Waals surface area contributed by atoms with Crippen molar-refractivity contribution in [2.45, 2.75) is 26.3 Å². The number of anilines is 1. The van der Waals surface area contributed by atoms with Crippen molar-refractivity contribution >= 4 is 11.6 Å². The monoisotopic (exact) mass is 338 g/mol. The Labute approximate surface area is 149 Å². The van der Waals surface area contributed by atoms with Gasteiger partial charge in [0, 0.05) is 12.5 Å². The molecule has 0 unspecified atom stereocenters. The van der Waals surface area contributed by atoms with Gasteiger partial charge in [0.2, 0.25) is 5.91 Å². The van der Waals surface area contributed by atoms with Gasteiger partial charge in [0.05, 0.1) is 12.3 Å². The summed E-state index contributed by atoms with van der Waals surface area (Å²) in [7, 11) is 0. The summed E-state index contributed by atoms with van der Waals surface area (Å²) in [5, 5.41) is 3.05. The molecule has 0 radical (unpaired) electrons. The van der Waals surface area contributed by atoms with E-state index in [4.69, 9.17) is 4.74 Å². The summed E-state index contributed by atoms with van der Waals surface area (Å²) in [4.78, 5) is 15.0.